The van der Waals surface area contributed by atoms with Crippen molar-refractivity contribution < 1.29 is 4.74 Å². The third-order valence-corrected chi connectivity index (χ3v) is 3.56. The van der Waals surface area contributed by atoms with Gasteiger partial charge in [0, 0.05) is 8.95 Å². The first-order valence-electron chi connectivity index (χ1n) is 5.57. The fraction of sp³-hybridized carbons (Fsp3) is 0.0714. The first kappa shape index (κ1) is 14.1. The van der Waals surface area contributed by atoms with Crippen molar-refractivity contribution in [2.45, 2.75) is 6.61 Å². The molecule has 2 aromatic rings. The fourth-order valence-corrected chi connectivity index (χ4v) is 2.18. The third kappa shape index (κ3) is 3.81. The monoisotopic (exact) mass is 382 g/mol. The van der Waals surface area contributed by atoms with Crippen LogP contribution in [-0.4, -0.2) is 5.84 Å². The van der Waals surface area contributed by atoms with Crippen LogP contribution in [0.2, 0.25) is 0 Å². The molecule has 19 heavy (non-hydrogen) atoms. The number of nitrogens with one attached hydrogen (secondary N) is 1. The molecule has 0 aliphatic heterocycles. The Bertz CT molecular complexity index is 597. The average Bonchev–Trinajstić information content (AvgIpc) is 2.38. The summed E-state index contributed by atoms with van der Waals surface area (Å²) < 4.78 is 7.66. The second-order valence-corrected chi connectivity index (χ2v) is 5.80. The molecular weight excluding hydrogens is 372 g/mol. The van der Waals surface area contributed by atoms with Crippen LogP contribution in [0.4, 0.5) is 0 Å². The lowest BCUT2D eigenvalue weighted by molar-refractivity contribution is 0.305. The molecule has 0 saturated carbocycles. The number of nitrogens with two attached hydrogens (primary N) is 1. The smallest absolute Gasteiger partial charge is 0.131 e. The molecule has 5 heteroatoms. The number of hydrogen-bond acceptors (Lipinski definition) is 2. The van der Waals surface area contributed by atoms with E-state index in [1.807, 2.05) is 36.4 Å². The Kier molecular flexibility index (Phi) is 4.61. The average molecular weight is 384 g/mol. The van der Waals surface area contributed by atoms with Gasteiger partial charge in [0.25, 0.3) is 0 Å². The van der Waals surface area contributed by atoms with Crippen LogP contribution >= 0.6 is 31.9 Å². The van der Waals surface area contributed by atoms with E-state index in [4.69, 9.17) is 15.9 Å². The molecule has 0 aliphatic rings. The van der Waals surface area contributed by atoms with Gasteiger partial charge in [0.2, 0.25) is 0 Å². The highest BCUT2D eigenvalue weighted by Gasteiger charge is 2.07. The maximum absolute atomic E-state index is 7.53. The highest BCUT2D eigenvalue weighted by molar-refractivity contribution is 9.10. The molecule has 2 rings (SSSR count). The molecule has 2 aromatic carbocycles. The van der Waals surface area contributed by atoms with Crippen molar-refractivity contribution in [2.24, 2.45) is 5.73 Å². The summed E-state index contributed by atoms with van der Waals surface area (Å²) in [5.74, 6) is 0.600. The largest absolute Gasteiger partial charge is 0.488 e. The molecule has 0 unspecified atom stereocenters. The van der Waals surface area contributed by atoms with E-state index in [-0.39, 0.29) is 5.84 Å². The molecule has 3 N–H and O–H groups in total. The molecule has 0 aromatic heterocycles. The number of benzene rings is 2. The topological polar surface area (TPSA) is 59.1 Å². The molecule has 0 spiro atoms. The molecule has 3 nitrogen and oxygen atoms in total. The molecule has 0 amide bonds. The predicted octanol–water partition coefficient (Wildman–Crippen LogP) is 4.07. The minimum atomic E-state index is -0.00157. The van der Waals surface area contributed by atoms with Crippen molar-refractivity contribution in [2.75, 3.05) is 0 Å². The van der Waals surface area contributed by atoms with E-state index in [1.54, 1.807) is 6.07 Å². The molecule has 0 saturated heterocycles. The number of nitrogen functional groups attached to an aromatic ring is 1. The first-order valence-corrected chi connectivity index (χ1v) is 7.16. The Morgan fingerprint density at radius 3 is 2.32 bits per heavy atom. The van der Waals surface area contributed by atoms with Crippen LogP contribution in [0.5, 0.6) is 5.75 Å². The third-order valence-electron chi connectivity index (χ3n) is 2.54. The van der Waals surface area contributed by atoms with Gasteiger partial charge >= 0.3 is 0 Å². The van der Waals surface area contributed by atoms with E-state index in [9.17, 15) is 0 Å². The highest BCUT2D eigenvalue weighted by Crippen LogP contribution is 2.24. The Morgan fingerprint density at radius 2 is 1.68 bits per heavy atom. The van der Waals surface area contributed by atoms with Crippen molar-refractivity contribution in [3.05, 3.63) is 62.5 Å². The van der Waals surface area contributed by atoms with Gasteiger partial charge in [-0.1, -0.05) is 44.0 Å². The van der Waals surface area contributed by atoms with Crippen molar-refractivity contribution in [3.63, 3.8) is 0 Å². The molecule has 0 bridgehead atoms. The zero-order valence-corrected chi connectivity index (χ0v) is 13.2. The predicted molar refractivity (Wildman–Crippen MR) is 83.6 cm³/mol. The molecule has 0 heterocycles. The fourth-order valence-electron chi connectivity index (χ4n) is 1.58. The molecular formula is C14H12Br2N2O. The summed E-state index contributed by atoms with van der Waals surface area (Å²) in [7, 11) is 0. The molecule has 0 radical (unpaired) electrons. The summed E-state index contributed by atoms with van der Waals surface area (Å²) in [6.45, 7) is 0.435. The Labute approximate surface area is 128 Å². The van der Waals surface area contributed by atoms with Crippen LogP contribution < -0.4 is 10.5 Å². The van der Waals surface area contributed by atoms with E-state index < -0.39 is 0 Å². The van der Waals surface area contributed by atoms with Crippen LogP contribution in [0.25, 0.3) is 0 Å². The van der Waals surface area contributed by atoms with Crippen molar-refractivity contribution in [3.8, 4) is 5.75 Å². The summed E-state index contributed by atoms with van der Waals surface area (Å²) in [6, 6.07) is 13.3. The number of halogens is 2. The van der Waals surface area contributed by atoms with E-state index >= 15 is 0 Å². The van der Waals surface area contributed by atoms with E-state index in [1.165, 1.54) is 0 Å². The van der Waals surface area contributed by atoms with Gasteiger partial charge in [-0.2, -0.15) is 0 Å². The normalized spacial score (nSPS) is 10.2. The van der Waals surface area contributed by atoms with E-state index in [0.717, 1.165) is 14.5 Å². The zero-order chi connectivity index (χ0) is 13.8. The minimum absolute atomic E-state index is 0.00157. The maximum atomic E-state index is 7.53. The Balaban J connectivity index is 2.16. The number of rotatable bonds is 4. The van der Waals surface area contributed by atoms with Crippen LogP contribution in [0.15, 0.2) is 51.4 Å². The lowest BCUT2D eigenvalue weighted by atomic mass is 10.2. The maximum Gasteiger partial charge on any atom is 0.131 e. The number of amidine groups is 1. The summed E-state index contributed by atoms with van der Waals surface area (Å²) in [5, 5.41) is 7.53. The first-order chi connectivity index (χ1) is 9.06. The lowest BCUT2D eigenvalue weighted by Gasteiger charge is -2.11. The summed E-state index contributed by atoms with van der Waals surface area (Å²) in [6.07, 6.45) is 0. The van der Waals surface area contributed by atoms with Gasteiger partial charge in [0.05, 0.1) is 5.56 Å². The lowest BCUT2D eigenvalue weighted by Crippen LogP contribution is -2.13. The SMILES string of the molecule is N=C(N)c1ccc(Br)cc1OCc1ccc(Br)cc1. The molecule has 0 aliphatic carbocycles. The van der Waals surface area contributed by atoms with Gasteiger partial charge < -0.3 is 10.5 Å². The van der Waals surface area contributed by atoms with Gasteiger partial charge in [-0.3, -0.25) is 5.41 Å². The van der Waals surface area contributed by atoms with Crippen LogP contribution in [-0.2, 0) is 6.61 Å². The van der Waals surface area contributed by atoms with Gasteiger partial charge in [0.1, 0.15) is 18.2 Å². The summed E-state index contributed by atoms with van der Waals surface area (Å²) >= 11 is 6.77. The minimum Gasteiger partial charge on any atom is -0.488 e. The Morgan fingerprint density at radius 1 is 1.05 bits per heavy atom. The van der Waals surface area contributed by atoms with E-state index in [2.05, 4.69) is 31.9 Å². The summed E-state index contributed by atoms with van der Waals surface area (Å²) in [4.78, 5) is 0. The molecule has 0 atom stereocenters. The Hall–Kier alpha value is -1.33. The van der Waals surface area contributed by atoms with Gasteiger partial charge in [-0.15, -0.1) is 0 Å². The zero-order valence-electron chi connectivity index (χ0n) is 9.99. The second kappa shape index (κ2) is 6.21. The van der Waals surface area contributed by atoms with Crippen molar-refractivity contribution in [1.29, 1.82) is 5.41 Å². The second-order valence-electron chi connectivity index (χ2n) is 3.97. The molecule has 98 valence electrons. The van der Waals surface area contributed by atoms with Crippen molar-refractivity contribution >= 4 is 37.7 Å². The van der Waals surface area contributed by atoms with Crippen LogP contribution in [0, 0.1) is 5.41 Å². The van der Waals surface area contributed by atoms with Crippen molar-refractivity contribution in [1.82, 2.24) is 0 Å². The van der Waals surface area contributed by atoms with Gasteiger partial charge in [-0.05, 0) is 35.9 Å². The standard InChI is InChI=1S/C14H12Br2N2O/c15-10-3-1-9(2-4-10)8-19-13-7-11(16)5-6-12(13)14(17)18/h1-7H,8H2,(H3,17,18). The number of ether oxygens (including phenoxy) is 1. The van der Waals surface area contributed by atoms with Gasteiger partial charge in [0.15, 0.2) is 0 Å². The number of hydrogen-bond donors (Lipinski definition) is 2. The molecule has 0 fully saturated rings. The van der Waals surface area contributed by atoms with Gasteiger partial charge in [-0.25, -0.2) is 0 Å². The van der Waals surface area contributed by atoms with E-state index in [0.29, 0.717) is 17.9 Å². The quantitative estimate of drug-likeness (QED) is 0.617. The van der Waals surface area contributed by atoms with Crippen LogP contribution in [0.3, 0.4) is 0 Å². The summed E-state index contributed by atoms with van der Waals surface area (Å²) in [5.41, 5.74) is 7.19. The van der Waals surface area contributed by atoms with Crippen LogP contribution in [0.1, 0.15) is 11.1 Å². The highest BCUT2D eigenvalue weighted by atomic mass is 79.9.